The van der Waals surface area contributed by atoms with Crippen molar-refractivity contribution >= 4 is 29.1 Å². The fraction of sp³-hybridized carbons (Fsp3) is 0.767. The summed E-state index contributed by atoms with van der Waals surface area (Å²) in [6, 6.07) is -0.675. The van der Waals surface area contributed by atoms with E-state index < -0.39 is 12.0 Å². The molecule has 0 radical (unpaired) electrons. The van der Waals surface area contributed by atoms with Crippen molar-refractivity contribution < 1.29 is 19.1 Å². The maximum Gasteiger partial charge on any atom is 0.323 e. The SMILES string of the molecule is CCCCCCCCCCCCCC(=O)OCC(CCn1cnc2cnc(N)nc21)COC(=O)[C@@H](N)C(C)CC. The van der Waals surface area contributed by atoms with E-state index in [-0.39, 0.29) is 37.0 Å². The average molecular weight is 561 g/mol. The van der Waals surface area contributed by atoms with Gasteiger partial charge in [-0.25, -0.2) is 9.97 Å². The van der Waals surface area contributed by atoms with E-state index in [1.54, 1.807) is 12.5 Å². The molecule has 4 N–H and O–H groups in total. The maximum absolute atomic E-state index is 12.5. The number of nitrogens with two attached hydrogens (primary N) is 2. The lowest BCUT2D eigenvalue weighted by atomic mass is 10.0. The number of aryl methyl sites for hydroxylation is 1. The van der Waals surface area contributed by atoms with Gasteiger partial charge in [0, 0.05) is 18.9 Å². The third kappa shape index (κ3) is 12.6. The molecule has 10 nitrogen and oxygen atoms in total. The van der Waals surface area contributed by atoms with Gasteiger partial charge in [0.25, 0.3) is 0 Å². The van der Waals surface area contributed by atoms with Crippen molar-refractivity contribution in [3.05, 3.63) is 12.5 Å². The van der Waals surface area contributed by atoms with Gasteiger partial charge in [-0.2, -0.15) is 4.98 Å². The summed E-state index contributed by atoms with van der Waals surface area (Å²) in [6.07, 6.45) is 18.6. The third-order valence-electron chi connectivity index (χ3n) is 7.61. The normalized spacial score (nSPS) is 13.7. The summed E-state index contributed by atoms with van der Waals surface area (Å²) in [6.45, 7) is 7.00. The monoisotopic (exact) mass is 560 g/mol. The molecule has 0 fully saturated rings. The molecule has 2 heterocycles. The van der Waals surface area contributed by atoms with Gasteiger partial charge < -0.3 is 25.5 Å². The van der Waals surface area contributed by atoms with Crippen molar-refractivity contribution in [1.82, 2.24) is 19.5 Å². The number of aromatic nitrogens is 4. The first-order chi connectivity index (χ1) is 19.3. The largest absolute Gasteiger partial charge is 0.465 e. The Morgan fingerprint density at radius 1 is 0.925 bits per heavy atom. The van der Waals surface area contributed by atoms with Gasteiger partial charge in [-0.15, -0.1) is 0 Å². The van der Waals surface area contributed by atoms with Gasteiger partial charge in [-0.3, -0.25) is 9.59 Å². The van der Waals surface area contributed by atoms with Crippen LogP contribution in [0.15, 0.2) is 12.5 Å². The van der Waals surface area contributed by atoms with Crippen LogP contribution < -0.4 is 11.5 Å². The van der Waals surface area contributed by atoms with Crippen LogP contribution in [0.4, 0.5) is 5.95 Å². The van der Waals surface area contributed by atoms with Crippen molar-refractivity contribution in [3.8, 4) is 0 Å². The Morgan fingerprint density at radius 3 is 2.20 bits per heavy atom. The molecule has 226 valence electrons. The van der Waals surface area contributed by atoms with E-state index in [0.717, 1.165) is 25.7 Å². The van der Waals surface area contributed by atoms with E-state index in [9.17, 15) is 9.59 Å². The molecule has 0 spiro atoms. The van der Waals surface area contributed by atoms with E-state index in [4.69, 9.17) is 20.9 Å². The summed E-state index contributed by atoms with van der Waals surface area (Å²) >= 11 is 0. The molecule has 0 saturated carbocycles. The lowest BCUT2D eigenvalue weighted by molar-refractivity contribution is -0.151. The summed E-state index contributed by atoms with van der Waals surface area (Å²) < 4.78 is 13.0. The second-order valence-corrected chi connectivity index (χ2v) is 11.0. The Labute approximate surface area is 240 Å². The van der Waals surface area contributed by atoms with Crippen LogP contribution in [0.5, 0.6) is 0 Å². The van der Waals surface area contributed by atoms with Crippen molar-refractivity contribution in [2.45, 2.75) is 123 Å². The first-order valence-corrected chi connectivity index (χ1v) is 15.4. The fourth-order valence-electron chi connectivity index (χ4n) is 4.57. The minimum absolute atomic E-state index is 0.0250. The fourth-order valence-corrected chi connectivity index (χ4v) is 4.57. The number of esters is 2. The highest BCUT2D eigenvalue weighted by Crippen LogP contribution is 2.16. The highest BCUT2D eigenvalue weighted by atomic mass is 16.5. The van der Waals surface area contributed by atoms with E-state index >= 15 is 0 Å². The maximum atomic E-state index is 12.5. The number of imidazole rings is 1. The molecule has 2 unspecified atom stereocenters. The zero-order valence-electron chi connectivity index (χ0n) is 25.0. The minimum atomic E-state index is -0.675. The van der Waals surface area contributed by atoms with Gasteiger partial charge in [0.15, 0.2) is 5.65 Å². The topological polar surface area (TPSA) is 148 Å². The summed E-state index contributed by atoms with van der Waals surface area (Å²) in [5.74, 6) is -0.629. The zero-order valence-corrected chi connectivity index (χ0v) is 25.0. The van der Waals surface area contributed by atoms with Crippen LogP contribution in [-0.2, 0) is 25.6 Å². The predicted octanol–water partition coefficient (Wildman–Crippen LogP) is 5.58. The van der Waals surface area contributed by atoms with Gasteiger partial charge in [0.05, 0.1) is 25.7 Å². The molecular weight excluding hydrogens is 508 g/mol. The van der Waals surface area contributed by atoms with Gasteiger partial charge in [0.2, 0.25) is 5.95 Å². The van der Waals surface area contributed by atoms with E-state index in [0.29, 0.717) is 30.6 Å². The van der Waals surface area contributed by atoms with Crippen molar-refractivity contribution in [3.63, 3.8) is 0 Å². The van der Waals surface area contributed by atoms with Gasteiger partial charge in [0.1, 0.15) is 11.6 Å². The van der Waals surface area contributed by atoms with Gasteiger partial charge in [-0.05, 0) is 18.8 Å². The first-order valence-electron chi connectivity index (χ1n) is 15.4. The van der Waals surface area contributed by atoms with Crippen LogP contribution in [-0.4, -0.2) is 50.7 Å². The number of hydrogen-bond acceptors (Lipinski definition) is 9. The lowest BCUT2D eigenvalue weighted by Gasteiger charge is -2.21. The number of ether oxygens (including phenoxy) is 2. The van der Waals surface area contributed by atoms with Crippen LogP contribution in [0.25, 0.3) is 11.2 Å². The smallest absolute Gasteiger partial charge is 0.323 e. The van der Waals surface area contributed by atoms with Crippen molar-refractivity contribution in [1.29, 1.82) is 0 Å². The van der Waals surface area contributed by atoms with Crippen molar-refractivity contribution in [2.75, 3.05) is 18.9 Å². The number of unbranched alkanes of at least 4 members (excludes halogenated alkanes) is 10. The molecule has 0 aromatic carbocycles. The number of carbonyl (C=O) groups excluding carboxylic acids is 2. The van der Waals surface area contributed by atoms with E-state index in [1.807, 2.05) is 18.4 Å². The molecule has 40 heavy (non-hydrogen) atoms. The minimum Gasteiger partial charge on any atom is -0.465 e. The van der Waals surface area contributed by atoms with Crippen molar-refractivity contribution in [2.24, 2.45) is 17.6 Å². The molecule has 0 aliphatic heterocycles. The molecule has 0 amide bonds. The Bertz CT molecular complexity index is 998. The number of nitrogen functional groups attached to an aromatic ring is 1. The van der Waals surface area contributed by atoms with Gasteiger partial charge >= 0.3 is 11.9 Å². The lowest BCUT2D eigenvalue weighted by Crippen LogP contribution is -2.39. The second kappa shape index (κ2) is 19.3. The molecule has 0 aliphatic carbocycles. The molecular formula is C30H52N6O4. The Hall–Kier alpha value is -2.75. The molecule has 2 aromatic heterocycles. The molecule has 0 bridgehead atoms. The molecule has 0 aliphatic rings. The molecule has 0 saturated heterocycles. The molecule has 10 heteroatoms. The second-order valence-electron chi connectivity index (χ2n) is 11.0. The first kappa shape index (κ1) is 33.5. The van der Waals surface area contributed by atoms with Crippen LogP contribution in [0.2, 0.25) is 0 Å². The van der Waals surface area contributed by atoms with E-state index in [1.165, 1.54) is 51.4 Å². The van der Waals surface area contributed by atoms with Crippen LogP contribution in [0.3, 0.4) is 0 Å². The summed E-state index contributed by atoms with van der Waals surface area (Å²) in [5, 5.41) is 0. The van der Waals surface area contributed by atoms with Crippen LogP contribution in [0.1, 0.15) is 111 Å². The summed E-state index contributed by atoms with van der Waals surface area (Å²) in [4.78, 5) is 37.5. The van der Waals surface area contributed by atoms with Gasteiger partial charge in [-0.1, -0.05) is 91.4 Å². The number of carbonyl (C=O) groups is 2. The van der Waals surface area contributed by atoms with E-state index in [2.05, 4.69) is 21.9 Å². The van der Waals surface area contributed by atoms with Crippen LogP contribution >= 0.6 is 0 Å². The number of rotatable bonds is 22. The molecule has 3 atom stereocenters. The summed E-state index contributed by atoms with van der Waals surface area (Å²) in [5.41, 5.74) is 13.1. The Balaban J connectivity index is 1.76. The highest BCUT2D eigenvalue weighted by Gasteiger charge is 2.23. The predicted molar refractivity (Wildman–Crippen MR) is 158 cm³/mol. The zero-order chi connectivity index (χ0) is 29.2. The number of fused-ring (bicyclic) bond motifs is 1. The quantitative estimate of drug-likeness (QED) is 0.139. The number of hydrogen-bond donors (Lipinski definition) is 2. The number of anilines is 1. The summed E-state index contributed by atoms with van der Waals surface area (Å²) in [7, 11) is 0. The highest BCUT2D eigenvalue weighted by molar-refractivity contribution is 5.75. The average Bonchev–Trinajstić information content (AvgIpc) is 3.36. The molecule has 2 aromatic rings. The number of nitrogens with zero attached hydrogens (tertiary/aromatic N) is 4. The Morgan fingerprint density at radius 2 is 1.55 bits per heavy atom. The standard InChI is InChI=1S/C30H52N6O4/c1-4-6-7-8-9-10-11-12-13-14-15-16-26(37)39-20-24(21-40-29(38)27(31)23(3)5-2)17-18-36-22-34-25-19-33-30(32)35-28(25)36/h19,22-24,27H,4-18,20-21,31H2,1-3H3,(H2,32,33,35)/t23?,24?,27-/m0/s1. The van der Waals surface area contributed by atoms with Crippen LogP contribution in [0, 0.1) is 11.8 Å². The third-order valence-corrected chi connectivity index (χ3v) is 7.61. The Kier molecular flexibility index (Phi) is 16.2. The molecule has 2 rings (SSSR count).